The van der Waals surface area contributed by atoms with Crippen molar-refractivity contribution >= 4 is 53.4 Å². The van der Waals surface area contributed by atoms with Crippen LogP contribution in [0.4, 0.5) is 0 Å². The van der Waals surface area contributed by atoms with Crippen molar-refractivity contribution in [2.45, 2.75) is 0 Å². The highest BCUT2D eigenvalue weighted by Crippen LogP contribution is 2.45. The lowest BCUT2D eigenvalue weighted by Crippen LogP contribution is -2.00. The third-order valence-electron chi connectivity index (χ3n) is 12.7. The van der Waals surface area contributed by atoms with Gasteiger partial charge in [-0.05, 0) is 74.3 Å². The zero-order valence-electron chi connectivity index (χ0n) is 41.3. The monoisotopic (exact) mass is 890 g/mol. The number of thiophene rings is 1. The summed E-state index contributed by atoms with van der Waals surface area (Å²) in [6, 6.07) is 68.4. The Kier molecular flexibility index (Phi) is 8.43. The van der Waals surface area contributed by atoms with Gasteiger partial charge in [-0.25, -0.2) is 15.0 Å². The zero-order chi connectivity index (χ0) is 49.3. The van der Waals surface area contributed by atoms with E-state index in [2.05, 4.69) is 133 Å². The largest absolute Gasteiger partial charge is 0.455 e. The summed E-state index contributed by atoms with van der Waals surface area (Å²) in [5.41, 5.74) is 12.9. The molecule has 13 aromatic rings. The Morgan fingerprint density at radius 2 is 0.735 bits per heavy atom. The van der Waals surface area contributed by atoms with Gasteiger partial charge in [0.15, 0.2) is 17.5 Å². The molecule has 0 saturated heterocycles. The average Bonchev–Trinajstić information content (AvgIpc) is 4.04. The lowest BCUT2D eigenvalue weighted by atomic mass is 9.97. The first-order chi connectivity index (χ1) is 35.8. The highest BCUT2D eigenvalue weighted by atomic mass is 32.1. The molecule has 3 heterocycles. The van der Waals surface area contributed by atoms with Crippen molar-refractivity contribution in [1.82, 2.24) is 15.0 Å². The second-order valence-electron chi connectivity index (χ2n) is 16.7. The first-order valence-corrected chi connectivity index (χ1v) is 23.2. The summed E-state index contributed by atoms with van der Waals surface area (Å²) in [6.07, 6.45) is 0. The van der Waals surface area contributed by atoms with Crippen molar-refractivity contribution in [3.05, 3.63) is 236 Å². The fourth-order valence-corrected chi connectivity index (χ4v) is 10.7. The lowest BCUT2D eigenvalue weighted by Gasteiger charge is -2.10. The van der Waals surface area contributed by atoms with E-state index in [1.807, 2.05) is 66.7 Å². The topological polar surface area (TPSA) is 51.8 Å². The molecule has 0 aliphatic rings. The highest BCUT2D eigenvalue weighted by molar-refractivity contribution is 7.26. The molecule has 5 heteroatoms. The first-order valence-electron chi connectivity index (χ1n) is 24.9. The maximum Gasteiger partial charge on any atom is 0.167 e. The molecule has 0 spiro atoms. The van der Waals surface area contributed by atoms with Gasteiger partial charge in [-0.3, -0.25) is 0 Å². The molecular weight excluding hydrogens is 847 g/mol. The second-order valence-corrected chi connectivity index (χ2v) is 17.7. The normalized spacial score (nSPS) is 12.6. The van der Waals surface area contributed by atoms with Gasteiger partial charge in [0.25, 0.3) is 0 Å². The van der Waals surface area contributed by atoms with E-state index in [9.17, 15) is 0 Å². The molecule has 68 heavy (non-hydrogen) atoms. The lowest BCUT2D eigenvalue weighted by molar-refractivity contribution is 0.670. The van der Waals surface area contributed by atoms with Crippen molar-refractivity contribution in [2.24, 2.45) is 0 Å². The minimum atomic E-state index is -0.416. The van der Waals surface area contributed by atoms with Gasteiger partial charge in [0.05, 0.1) is 12.4 Å². The molecule has 0 atom stereocenters. The second kappa shape index (κ2) is 16.6. The van der Waals surface area contributed by atoms with E-state index in [0.717, 1.165) is 97.7 Å². The van der Waals surface area contributed by atoms with Crippen molar-refractivity contribution in [1.29, 1.82) is 0 Å². The average molecular weight is 891 g/mol. The number of furan rings is 1. The van der Waals surface area contributed by atoms with Crippen LogP contribution < -0.4 is 0 Å². The van der Waals surface area contributed by atoms with Gasteiger partial charge in [-0.2, -0.15) is 0 Å². The summed E-state index contributed by atoms with van der Waals surface area (Å²) >= 11 is 1.65. The number of aromatic nitrogens is 3. The Labute approximate surface area is 404 Å². The Morgan fingerprint density at radius 1 is 0.309 bits per heavy atom. The summed E-state index contributed by atoms with van der Waals surface area (Å²) in [6.45, 7) is 0. The van der Waals surface area contributed by atoms with Crippen LogP contribution in [0.5, 0.6) is 0 Å². The zero-order valence-corrected chi connectivity index (χ0v) is 37.1. The van der Waals surface area contributed by atoms with Gasteiger partial charge in [0, 0.05) is 47.6 Å². The number of benzene rings is 10. The van der Waals surface area contributed by atoms with Gasteiger partial charge < -0.3 is 4.42 Å². The summed E-state index contributed by atoms with van der Waals surface area (Å²) in [4.78, 5) is 15.9. The van der Waals surface area contributed by atoms with Crippen LogP contribution in [0.25, 0.3) is 132 Å². The molecule has 0 bridgehead atoms. The standard InChI is InChI=1S/C63H39N3OS/c1-4-16-40(17-5-1)43-34-36-44(37-35-43)61-64-62(55-32-14-29-52-51-28-12-26-49(57(51)67-58(52)55)47-24-10-22-45(38-47)41-18-6-2-7-19-41)66-63(65-61)56-33-15-31-54-53-30-13-27-50(59(53)68-60(54)56)48-25-11-23-46(39-48)42-20-8-3-9-21-42/h1-39H/i3D,8D,9D,20D,21D. The van der Waals surface area contributed by atoms with Crippen molar-refractivity contribution < 1.29 is 11.3 Å². The predicted molar refractivity (Wildman–Crippen MR) is 283 cm³/mol. The van der Waals surface area contributed by atoms with Crippen LogP contribution in [0.3, 0.4) is 0 Å². The van der Waals surface area contributed by atoms with Crippen LogP contribution in [-0.4, -0.2) is 15.0 Å². The number of hydrogen-bond donors (Lipinski definition) is 0. The third-order valence-corrected chi connectivity index (χ3v) is 13.9. The van der Waals surface area contributed by atoms with E-state index in [1.54, 1.807) is 17.4 Å². The number of nitrogens with zero attached hydrogens (tertiary/aromatic N) is 3. The van der Waals surface area contributed by atoms with Crippen LogP contribution in [0.2, 0.25) is 0 Å². The molecule has 0 aliphatic heterocycles. The van der Waals surface area contributed by atoms with Crippen molar-refractivity contribution in [3.63, 3.8) is 0 Å². The summed E-state index contributed by atoms with van der Waals surface area (Å²) < 4.78 is 51.2. The minimum Gasteiger partial charge on any atom is -0.455 e. The van der Waals surface area contributed by atoms with Crippen LogP contribution in [0, 0.1) is 0 Å². The number of hydrogen-bond acceptors (Lipinski definition) is 5. The van der Waals surface area contributed by atoms with Crippen LogP contribution in [0.1, 0.15) is 6.85 Å². The summed E-state index contributed by atoms with van der Waals surface area (Å²) in [5.74, 6) is 1.52. The van der Waals surface area contributed by atoms with Gasteiger partial charge in [0.2, 0.25) is 0 Å². The number of rotatable bonds is 8. The molecular formula is C63H39N3OS. The molecule has 0 fully saturated rings. The maximum atomic E-state index is 8.69. The van der Waals surface area contributed by atoms with Gasteiger partial charge in [-0.1, -0.05) is 212 Å². The van der Waals surface area contributed by atoms with E-state index >= 15 is 0 Å². The minimum absolute atomic E-state index is 0.169. The third kappa shape index (κ3) is 6.96. The Morgan fingerprint density at radius 3 is 1.40 bits per heavy atom. The van der Waals surface area contributed by atoms with Gasteiger partial charge >= 0.3 is 0 Å². The molecule has 318 valence electrons. The maximum absolute atomic E-state index is 8.69. The highest BCUT2D eigenvalue weighted by Gasteiger charge is 2.22. The van der Waals surface area contributed by atoms with Gasteiger partial charge in [-0.15, -0.1) is 11.3 Å². The Hall–Kier alpha value is -8.77. The number of fused-ring (bicyclic) bond motifs is 6. The molecule has 0 saturated carbocycles. The van der Waals surface area contributed by atoms with E-state index in [1.165, 1.54) is 0 Å². The molecule has 0 N–H and O–H groups in total. The molecule has 0 amide bonds. The first kappa shape index (κ1) is 34.6. The quantitative estimate of drug-likeness (QED) is 0.152. The van der Waals surface area contributed by atoms with E-state index in [0.29, 0.717) is 28.6 Å². The fraction of sp³-hybridized carbons (Fsp3) is 0. The predicted octanol–water partition coefficient (Wildman–Crippen LogP) is 17.5. The summed E-state index contributed by atoms with van der Waals surface area (Å²) in [7, 11) is 0. The van der Waals surface area contributed by atoms with Crippen LogP contribution in [0.15, 0.2) is 241 Å². The molecule has 0 unspecified atom stereocenters. The van der Waals surface area contributed by atoms with Crippen molar-refractivity contribution in [3.8, 4) is 89.8 Å². The van der Waals surface area contributed by atoms with E-state index in [4.69, 9.17) is 26.2 Å². The van der Waals surface area contributed by atoms with E-state index in [-0.39, 0.29) is 29.7 Å². The number of para-hydroxylation sites is 2. The van der Waals surface area contributed by atoms with Crippen molar-refractivity contribution in [2.75, 3.05) is 0 Å². The van der Waals surface area contributed by atoms with Gasteiger partial charge in [0.1, 0.15) is 11.2 Å². The molecule has 10 aromatic carbocycles. The Bertz CT molecular complexity index is 4300. The molecule has 0 aliphatic carbocycles. The fourth-order valence-electron chi connectivity index (χ4n) is 9.37. The smallest absolute Gasteiger partial charge is 0.167 e. The molecule has 0 radical (unpaired) electrons. The Balaban J connectivity index is 0.979. The SMILES string of the molecule is [2H]c1c([2H])c([2H])c(-c2cccc(-c3cccc4c3sc3c(-c5nc(-c6ccc(-c7ccccc7)cc6)nc(-c6cccc7c6oc6c(-c8cccc(-c9ccccc9)c8)cccc67)n5)cccc34)c2)c([2H])c1[2H]. The van der Waals surface area contributed by atoms with Crippen LogP contribution >= 0.6 is 11.3 Å². The van der Waals surface area contributed by atoms with Crippen LogP contribution in [-0.2, 0) is 0 Å². The molecule has 3 aromatic heterocycles. The summed E-state index contributed by atoms with van der Waals surface area (Å²) in [5, 5.41) is 4.05. The van der Waals surface area contributed by atoms with E-state index < -0.39 is 6.04 Å². The molecule has 4 nitrogen and oxygen atoms in total. The molecule has 13 rings (SSSR count).